The lowest BCUT2D eigenvalue weighted by molar-refractivity contribution is -0.0524. The average molecular weight is 614 g/mol. The lowest BCUT2D eigenvalue weighted by Gasteiger charge is -2.42. The number of ether oxygens (including phenoxy) is 2. The van der Waals surface area contributed by atoms with E-state index in [1.54, 1.807) is 37.4 Å². The van der Waals surface area contributed by atoms with Gasteiger partial charge in [0.15, 0.2) is 0 Å². The number of piperidine rings is 1. The average Bonchev–Trinajstić information content (AvgIpc) is 3.16. The maximum absolute atomic E-state index is 11.5. The number of aliphatic imine (C=N–C) groups is 1. The first-order valence-corrected chi connectivity index (χ1v) is 15.4. The van der Waals surface area contributed by atoms with E-state index in [-0.39, 0.29) is 5.92 Å². The quantitative estimate of drug-likeness (QED) is 0.340. The fourth-order valence-electron chi connectivity index (χ4n) is 6.11. The Bertz CT molecular complexity index is 1560. The molecule has 0 aromatic heterocycles. The van der Waals surface area contributed by atoms with Crippen molar-refractivity contribution in [3.63, 3.8) is 0 Å². The molecule has 2 aromatic carbocycles. The number of benzene rings is 2. The first-order chi connectivity index (χ1) is 21.2. The molecule has 1 amide bonds. The van der Waals surface area contributed by atoms with Gasteiger partial charge in [0.2, 0.25) is 5.91 Å². The molecule has 0 bridgehead atoms. The van der Waals surface area contributed by atoms with Gasteiger partial charge in [0, 0.05) is 54.3 Å². The summed E-state index contributed by atoms with van der Waals surface area (Å²) in [7, 11) is 1.77. The van der Waals surface area contributed by atoms with Crippen LogP contribution in [-0.4, -0.2) is 60.5 Å². The summed E-state index contributed by atoms with van der Waals surface area (Å²) in [6.45, 7) is 8.84. The summed E-state index contributed by atoms with van der Waals surface area (Å²) < 4.78 is 12.3. The van der Waals surface area contributed by atoms with Gasteiger partial charge >= 0.3 is 0 Å². The highest BCUT2D eigenvalue weighted by Gasteiger charge is 2.39. The van der Waals surface area contributed by atoms with Crippen LogP contribution in [-0.2, 0) is 0 Å². The highest BCUT2D eigenvalue weighted by atomic mass is 35.5. The maximum atomic E-state index is 11.5. The number of carbonyl (C=O) groups excluding carboxylic acids is 1. The van der Waals surface area contributed by atoms with Crippen molar-refractivity contribution in [1.29, 1.82) is 0 Å². The van der Waals surface area contributed by atoms with E-state index in [1.165, 1.54) is 0 Å². The Morgan fingerprint density at radius 3 is 2.59 bits per heavy atom. The molecule has 1 unspecified atom stereocenters. The van der Waals surface area contributed by atoms with Crippen LogP contribution in [0.15, 0.2) is 101 Å². The van der Waals surface area contributed by atoms with Crippen LogP contribution < -0.4 is 15.2 Å². The molecule has 3 aliphatic rings. The van der Waals surface area contributed by atoms with Gasteiger partial charge in [-0.05, 0) is 86.2 Å². The minimum Gasteiger partial charge on any atom is -0.487 e. The van der Waals surface area contributed by atoms with Crippen LogP contribution in [0.5, 0.6) is 17.2 Å². The van der Waals surface area contributed by atoms with Gasteiger partial charge in [0.05, 0.1) is 11.3 Å². The molecule has 7 nitrogen and oxygen atoms in total. The van der Waals surface area contributed by atoms with E-state index in [0.29, 0.717) is 23.7 Å². The van der Waals surface area contributed by atoms with Crippen LogP contribution in [0, 0.1) is 5.92 Å². The van der Waals surface area contributed by atoms with Gasteiger partial charge in [-0.3, -0.25) is 9.79 Å². The summed E-state index contributed by atoms with van der Waals surface area (Å²) in [4.78, 5) is 18.4. The highest BCUT2D eigenvalue weighted by Crippen LogP contribution is 2.40. The number of nitrogens with zero attached hydrogens (tertiary/aromatic N) is 2. The number of fused-ring (bicyclic) bond motifs is 1. The Balaban J connectivity index is 1.34. The molecule has 2 aromatic rings. The second-order valence-electron chi connectivity index (χ2n) is 11.5. The van der Waals surface area contributed by atoms with Gasteiger partial charge in [-0.25, -0.2) is 0 Å². The molecule has 2 heterocycles. The molecular formula is C36H40ClN3O4. The Labute approximate surface area is 264 Å². The Morgan fingerprint density at radius 1 is 1.20 bits per heavy atom. The number of halogens is 1. The van der Waals surface area contributed by atoms with Gasteiger partial charge < -0.3 is 25.2 Å². The van der Waals surface area contributed by atoms with Crippen LogP contribution in [0.2, 0.25) is 0 Å². The molecule has 44 heavy (non-hydrogen) atoms. The van der Waals surface area contributed by atoms with Crippen molar-refractivity contribution in [2.45, 2.75) is 38.2 Å². The molecule has 0 spiro atoms. The van der Waals surface area contributed by atoms with E-state index in [4.69, 9.17) is 26.8 Å². The van der Waals surface area contributed by atoms with Gasteiger partial charge in [0.25, 0.3) is 0 Å². The van der Waals surface area contributed by atoms with E-state index in [1.807, 2.05) is 37.3 Å². The van der Waals surface area contributed by atoms with Crippen molar-refractivity contribution in [3.8, 4) is 17.2 Å². The molecule has 5 rings (SSSR count). The molecule has 3 N–H and O–H groups in total. The molecule has 1 aliphatic carbocycles. The standard InChI is InChI=1S/C36H40ClN3O4/c1-4-6-30-29(7-5-18-40-19-16-36(42,17-20-40)26-10-14-32(37)24(2)21-26)31-22-28(13-15-34(31)43-23-33(30)39-3)44-27-11-8-25(9-12-27)35(38)41/h4,6-9,11-15,21-22,26,42H,1,5,10,16-20,23H2,2-3H3,(H2,38,41)/b29-7+,30-6-,39-33?. The zero-order valence-corrected chi connectivity index (χ0v) is 26.1. The van der Waals surface area contributed by atoms with E-state index in [2.05, 4.69) is 28.6 Å². The number of nitrogens with two attached hydrogens (primary N) is 1. The van der Waals surface area contributed by atoms with Crippen LogP contribution >= 0.6 is 11.6 Å². The summed E-state index contributed by atoms with van der Waals surface area (Å²) in [6.07, 6.45) is 13.2. The number of rotatable bonds is 8. The summed E-state index contributed by atoms with van der Waals surface area (Å²) >= 11 is 6.26. The van der Waals surface area contributed by atoms with Crippen LogP contribution in [0.3, 0.4) is 0 Å². The van der Waals surface area contributed by atoms with Crippen molar-refractivity contribution < 1.29 is 19.4 Å². The number of likely N-dealkylation sites (tertiary alicyclic amines) is 1. The van der Waals surface area contributed by atoms with Crippen molar-refractivity contribution in [2.75, 3.05) is 33.3 Å². The number of carbonyl (C=O) groups is 1. The van der Waals surface area contributed by atoms with Crippen molar-refractivity contribution >= 4 is 28.8 Å². The Morgan fingerprint density at radius 2 is 1.93 bits per heavy atom. The number of allylic oxidation sites excluding steroid dienone is 6. The molecular weight excluding hydrogens is 574 g/mol. The van der Waals surface area contributed by atoms with Crippen molar-refractivity contribution in [3.05, 3.63) is 107 Å². The van der Waals surface area contributed by atoms with Gasteiger partial charge in [-0.1, -0.05) is 48.6 Å². The van der Waals surface area contributed by atoms with Crippen LogP contribution in [0.4, 0.5) is 0 Å². The SMILES string of the molecule is C=C/C=C1\C(=NC)COc2ccc(Oc3ccc(C(N)=O)cc3)cc2\C1=C\CCN1CCC(O)(C2C=C(C)C(Cl)=CC2)CC1. The number of aliphatic hydroxyl groups is 1. The van der Waals surface area contributed by atoms with Crippen LogP contribution in [0.1, 0.15) is 48.5 Å². The third-order valence-electron chi connectivity index (χ3n) is 8.72. The molecule has 1 fully saturated rings. The molecule has 230 valence electrons. The third kappa shape index (κ3) is 7.07. The van der Waals surface area contributed by atoms with Gasteiger partial charge in [-0.15, -0.1) is 0 Å². The summed E-state index contributed by atoms with van der Waals surface area (Å²) in [5.74, 6) is 1.60. The molecule has 1 saturated heterocycles. The third-order valence-corrected chi connectivity index (χ3v) is 9.17. The zero-order chi connectivity index (χ0) is 31.3. The van der Waals surface area contributed by atoms with E-state index in [0.717, 1.165) is 84.1 Å². The monoisotopic (exact) mass is 613 g/mol. The van der Waals surface area contributed by atoms with E-state index in [9.17, 15) is 9.90 Å². The number of hydrogen-bond acceptors (Lipinski definition) is 6. The van der Waals surface area contributed by atoms with Gasteiger partial charge in [0.1, 0.15) is 23.9 Å². The predicted octanol–water partition coefficient (Wildman–Crippen LogP) is 6.84. The number of amides is 1. The summed E-state index contributed by atoms with van der Waals surface area (Å²) in [5.41, 5.74) is 9.85. The molecule has 2 aliphatic heterocycles. The Kier molecular flexibility index (Phi) is 9.89. The largest absolute Gasteiger partial charge is 0.487 e. The zero-order valence-electron chi connectivity index (χ0n) is 25.4. The second kappa shape index (κ2) is 13.8. The first kappa shape index (κ1) is 31.5. The lowest BCUT2D eigenvalue weighted by Crippen LogP contribution is -2.48. The maximum Gasteiger partial charge on any atom is 0.248 e. The minimum atomic E-state index is -0.704. The summed E-state index contributed by atoms with van der Waals surface area (Å²) in [6, 6.07) is 12.5. The molecule has 0 saturated carbocycles. The summed E-state index contributed by atoms with van der Waals surface area (Å²) in [5, 5.41) is 12.3. The van der Waals surface area contributed by atoms with Crippen molar-refractivity contribution in [2.24, 2.45) is 16.6 Å². The fourth-order valence-corrected chi connectivity index (χ4v) is 6.26. The lowest BCUT2D eigenvalue weighted by atomic mass is 9.75. The van der Waals surface area contributed by atoms with E-state index < -0.39 is 11.5 Å². The van der Waals surface area contributed by atoms with Crippen molar-refractivity contribution in [1.82, 2.24) is 4.90 Å². The minimum absolute atomic E-state index is 0.104. The normalized spacial score (nSPS) is 22.9. The highest BCUT2D eigenvalue weighted by molar-refractivity contribution is 6.32. The molecule has 0 radical (unpaired) electrons. The molecule has 8 heteroatoms. The first-order valence-electron chi connectivity index (χ1n) is 15.0. The van der Waals surface area contributed by atoms with Gasteiger partial charge in [-0.2, -0.15) is 0 Å². The predicted molar refractivity (Wildman–Crippen MR) is 178 cm³/mol. The Hall–Kier alpha value is -3.91. The number of primary amides is 1. The smallest absolute Gasteiger partial charge is 0.248 e. The number of hydrogen-bond donors (Lipinski definition) is 2. The molecule has 1 atom stereocenters. The van der Waals surface area contributed by atoms with E-state index >= 15 is 0 Å². The second-order valence-corrected chi connectivity index (χ2v) is 11.9. The topological polar surface area (TPSA) is 97.4 Å². The van der Waals surface area contributed by atoms with Crippen LogP contribution in [0.25, 0.3) is 5.57 Å². The fraction of sp³-hybridized carbons (Fsp3) is 0.333.